The van der Waals surface area contributed by atoms with Gasteiger partial charge in [0.25, 0.3) is 0 Å². The second-order valence-electron chi connectivity index (χ2n) is 3.39. The molecule has 0 aliphatic carbocycles. The highest BCUT2D eigenvalue weighted by Crippen LogP contribution is 2.17. The van der Waals surface area contributed by atoms with Crippen LogP contribution >= 0.6 is 0 Å². The van der Waals surface area contributed by atoms with Crippen LogP contribution in [0.1, 0.15) is 24.2 Å². The van der Waals surface area contributed by atoms with Gasteiger partial charge in [-0.15, -0.1) is 0 Å². The first-order chi connectivity index (χ1) is 6.74. The van der Waals surface area contributed by atoms with E-state index in [4.69, 9.17) is 5.26 Å². The Hall–Kier alpha value is -1.82. The molecule has 0 aromatic carbocycles. The van der Waals surface area contributed by atoms with Gasteiger partial charge in [0.1, 0.15) is 5.65 Å². The number of nitrogens with zero attached hydrogens (tertiary/aromatic N) is 3. The normalized spacial score (nSPS) is 12.6. The predicted molar refractivity (Wildman–Crippen MR) is 54.0 cm³/mol. The van der Waals surface area contributed by atoms with Crippen LogP contribution in [0.4, 0.5) is 0 Å². The van der Waals surface area contributed by atoms with Gasteiger partial charge in [0.2, 0.25) is 0 Å². The molecule has 3 heteroatoms. The summed E-state index contributed by atoms with van der Waals surface area (Å²) in [4.78, 5) is 4.26. The number of imidazole rings is 1. The molecule has 0 amide bonds. The Balaban J connectivity index is 2.74. The van der Waals surface area contributed by atoms with Crippen molar-refractivity contribution in [1.82, 2.24) is 9.38 Å². The number of rotatable bonds is 1. The van der Waals surface area contributed by atoms with Crippen molar-refractivity contribution in [3.63, 3.8) is 0 Å². The van der Waals surface area contributed by atoms with E-state index in [1.165, 1.54) is 0 Å². The molecule has 0 aliphatic rings. The van der Waals surface area contributed by atoms with Gasteiger partial charge in [0.15, 0.2) is 0 Å². The molecule has 2 rings (SSSR count). The quantitative estimate of drug-likeness (QED) is 0.683. The van der Waals surface area contributed by atoms with Crippen LogP contribution < -0.4 is 0 Å². The minimum absolute atomic E-state index is 0.119. The SMILES string of the molecule is Cc1cccc2ncc(C(C)C#N)n12. The zero-order valence-corrected chi connectivity index (χ0v) is 8.23. The van der Waals surface area contributed by atoms with E-state index < -0.39 is 0 Å². The number of pyridine rings is 1. The standard InChI is InChI=1S/C11H11N3/c1-8(6-12)10-7-13-11-5-3-4-9(2)14(10)11/h3-5,7-8H,1-2H3. The molecule has 14 heavy (non-hydrogen) atoms. The first kappa shape index (κ1) is 8.76. The van der Waals surface area contributed by atoms with E-state index in [0.29, 0.717) is 0 Å². The fourth-order valence-electron chi connectivity index (χ4n) is 1.60. The van der Waals surface area contributed by atoms with Gasteiger partial charge >= 0.3 is 0 Å². The molecule has 0 N–H and O–H groups in total. The minimum atomic E-state index is -0.119. The van der Waals surface area contributed by atoms with E-state index in [-0.39, 0.29) is 5.92 Å². The average molecular weight is 185 g/mol. The van der Waals surface area contributed by atoms with Crippen molar-refractivity contribution >= 4 is 5.65 Å². The molecule has 0 saturated heterocycles. The number of hydrogen-bond acceptors (Lipinski definition) is 2. The van der Waals surface area contributed by atoms with Crippen LogP contribution in [-0.4, -0.2) is 9.38 Å². The van der Waals surface area contributed by atoms with E-state index in [0.717, 1.165) is 17.0 Å². The van der Waals surface area contributed by atoms with Gasteiger partial charge in [0, 0.05) is 5.69 Å². The lowest BCUT2D eigenvalue weighted by Crippen LogP contribution is -1.99. The summed E-state index contributed by atoms with van der Waals surface area (Å²) in [6.07, 6.45) is 1.77. The zero-order valence-electron chi connectivity index (χ0n) is 8.23. The third kappa shape index (κ3) is 1.16. The monoisotopic (exact) mass is 185 g/mol. The van der Waals surface area contributed by atoms with Gasteiger partial charge < -0.3 is 4.40 Å². The molecule has 3 nitrogen and oxygen atoms in total. The third-order valence-corrected chi connectivity index (χ3v) is 2.39. The number of nitriles is 1. The molecular formula is C11H11N3. The molecule has 0 radical (unpaired) electrons. The maximum absolute atomic E-state index is 8.87. The van der Waals surface area contributed by atoms with Crippen LogP contribution in [0.25, 0.3) is 5.65 Å². The maximum atomic E-state index is 8.87. The first-order valence-corrected chi connectivity index (χ1v) is 4.56. The Bertz CT molecular complexity index is 505. The predicted octanol–water partition coefficient (Wildman–Crippen LogP) is 2.27. The molecule has 0 saturated carbocycles. The van der Waals surface area contributed by atoms with E-state index in [9.17, 15) is 0 Å². The van der Waals surface area contributed by atoms with Crippen molar-refractivity contribution in [2.24, 2.45) is 0 Å². The summed E-state index contributed by atoms with van der Waals surface area (Å²) in [6.45, 7) is 3.90. The van der Waals surface area contributed by atoms with Crippen molar-refractivity contribution < 1.29 is 0 Å². The smallest absolute Gasteiger partial charge is 0.137 e. The van der Waals surface area contributed by atoms with Gasteiger partial charge in [-0.2, -0.15) is 5.26 Å². The number of fused-ring (bicyclic) bond motifs is 1. The highest BCUT2D eigenvalue weighted by Gasteiger charge is 2.10. The lowest BCUT2D eigenvalue weighted by Gasteiger charge is -2.05. The summed E-state index contributed by atoms with van der Waals surface area (Å²) in [6, 6.07) is 8.16. The largest absolute Gasteiger partial charge is 0.300 e. The third-order valence-electron chi connectivity index (χ3n) is 2.39. The summed E-state index contributed by atoms with van der Waals surface area (Å²) < 4.78 is 2.02. The zero-order chi connectivity index (χ0) is 10.1. The summed E-state index contributed by atoms with van der Waals surface area (Å²) in [5.41, 5.74) is 2.97. The Morgan fingerprint density at radius 2 is 2.29 bits per heavy atom. The topological polar surface area (TPSA) is 41.1 Å². The van der Waals surface area contributed by atoms with Crippen molar-refractivity contribution in [3.05, 3.63) is 35.8 Å². The van der Waals surface area contributed by atoms with Crippen LogP contribution in [0.15, 0.2) is 24.4 Å². The van der Waals surface area contributed by atoms with Crippen LogP contribution in [0.5, 0.6) is 0 Å². The van der Waals surface area contributed by atoms with Crippen molar-refractivity contribution in [2.75, 3.05) is 0 Å². The number of aryl methyl sites for hydroxylation is 1. The van der Waals surface area contributed by atoms with Gasteiger partial charge in [-0.1, -0.05) is 6.07 Å². The van der Waals surface area contributed by atoms with Gasteiger partial charge in [-0.25, -0.2) is 4.98 Å². The summed E-state index contributed by atoms with van der Waals surface area (Å²) >= 11 is 0. The van der Waals surface area contributed by atoms with Crippen molar-refractivity contribution in [3.8, 4) is 6.07 Å². The van der Waals surface area contributed by atoms with E-state index in [2.05, 4.69) is 11.1 Å². The Labute approximate surface area is 82.6 Å². The van der Waals surface area contributed by atoms with Gasteiger partial charge in [-0.3, -0.25) is 0 Å². The fourth-order valence-corrected chi connectivity index (χ4v) is 1.60. The molecular weight excluding hydrogens is 174 g/mol. The van der Waals surface area contributed by atoms with Crippen LogP contribution in [0.2, 0.25) is 0 Å². The van der Waals surface area contributed by atoms with E-state index >= 15 is 0 Å². The van der Waals surface area contributed by atoms with Crippen molar-refractivity contribution in [2.45, 2.75) is 19.8 Å². The lowest BCUT2D eigenvalue weighted by atomic mass is 10.1. The second-order valence-corrected chi connectivity index (χ2v) is 3.39. The minimum Gasteiger partial charge on any atom is -0.300 e. The van der Waals surface area contributed by atoms with Crippen molar-refractivity contribution in [1.29, 1.82) is 5.26 Å². The Kier molecular flexibility index (Phi) is 1.97. The first-order valence-electron chi connectivity index (χ1n) is 4.56. The van der Waals surface area contributed by atoms with Gasteiger partial charge in [0.05, 0.1) is 23.9 Å². The van der Waals surface area contributed by atoms with E-state index in [1.54, 1.807) is 6.20 Å². The number of hydrogen-bond donors (Lipinski definition) is 0. The molecule has 0 fully saturated rings. The molecule has 2 heterocycles. The van der Waals surface area contributed by atoms with E-state index in [1.807, 2.05) is 36.4 Å². The fraction of sp³-hybridized carbons (Fsp3) is 0.273. The summed E-state index contributed by atoms with van der Waals surface area (Å²) in [7, 11) is 0. The highest BCUT2D eigenvalue weighted by molar-refractivity contribution is 5.43. The number of aromatic nitrogens is 2. The lowest BCUT2D eigenvalue weighted by molar-refractivity contribution is 0.880. The molecule has 2 aromatic heterocycles. The molecule has 1 unspecified atom stereocenters. The second kappa shape index (κ2) is 3.15. The Morgan fingerprint density at radius 1 is 1.50 bits per heavy atom. The van der Waals surface area contributed by atoms with Gasteiger partial charge in [-0.05, 0) is 26.0 Å². The summed E-state index contributed by atoms with van der Waals surface area (Å²) in [5, 5.41) is 8.87. The molecule has 2 aromatic rings. The molecule has 70 valence electrons. The van der Waals surface area contributed by atoms with Crippen LogP contribution in [0.3, 0.4) is 0 Å². The molecule has 1 atom stereocenters. The summed E-state index contributed by atoms with van der Waals surface area (Å²) in [5.74, 6) is -0.119. The Morgan fingerprint density at radius 3 is 3.00 bits per heavy atom. The average Bonchev–Trinajstić information content (AvgIpc) is 2.62. The van der Waals surface area contributed by atoms with Crippen LogP contribution in [0, 0.1) is 18.3 Å². The maximum Gasteiger partial charge on any atom is 0.137 e. The highest BCUT2D eigenvalue weighted by atomic mass is 15.0. The van der Waals surface area contributed by atoms with Crippen LogP contribution in [-0.2, 0) is 0 Å². The molecule has 0 spiro atoms. The molecule has 0 aliphatic heterocycles. The molecule has 0 bridgehead atoms.